The van der Waals surface area contributed by atoms with E-state index >= 15 is 0 Å². The van der Waals surface area contributed by atoms with Gasteiger partial charge >= 0.3 is 5.97 Å². The van der Waals surface area contributed by atoms with E-state index in [0.29, 0.717) is 65.9 Å². The van der Waals surface area contributed by atoms with E-state index in [9.17, 15) is 9.59 Å². The van der Waals surface area contributed by atoms with Crippen molar-refractivity contribution in [3.8, 4) is 5.75 Å². The van der Waals surface area contributed by atoms with Crippen LogP contribution in [-0.2, 0) is 33.3 Å². The molecule has 1 N–H and O–H groups in total. The van der Waals surface area contributed by atoms with Crippen molar-refractivity contribution in [1.29, 1.82) is 0 Å². The fourth-order valence-corrected chi connectivity index (χ4v) is 4.75. The molecule has 0 aliphatic rings. The lowest BCUT2D eigenvalue weighted by molar-refractivity contribution is -0.145. The minimum Gasteiger partial charge on any atom is -0.491 e. The molecule has 0 saturated carbocycles. The second-order valence-corrected chi connectivity index (χ2v) is 11.4. The predicted octanol–water partition coefficient (Wildman–Crippen LogP) is 7.89. The van der Waals surface area contributed by atoms with Crippen molar-refractivity contribution in [3.63, 3.8) is 0 Å². The van der Waals surface area contributed by atoms with Gasteiger partial charge in [-0.1, -0.05) is 96.8 Å². The number of nitrogens with one attached hydrogen (secondary N) is 1. The van der Waals surface area contributed by atoms with Gasteiger partial charge < -0.3 is 33.7 Å². The van der Waals surface area contributed by atoms with Gasteiger partial charge in [0.15, 0.2) is 0 Å². The van der Waals surface area contributed by atoms with E-state index in [1.807, 2.05) is 0 Å². The highest BCUT2D eigenvalue weighted by Crippen LogP contribution is 2.16. The van der Waals surface area contributed by atoms with Crippen LogP contribution < -0.4 is 10.1 Å². The molecule has 0 aromatic heterocycles. The van der Waals surface area contributed by atoms with Crippen molar-refractivity contribution in [1.82, 2.24) is 0 Å². The summed E-state index contributed by atoms with van der Waals surface area (Å²) in [6.07, 6.45) is 20.2. The Kier molecular flexibility index (Phi) is 28.8. The van der Waals surface area contributed by atoms with E-state index in [2.05, 4.69) is 12.2 Å². The van der Waals surface area contributed by atoms with Crippen molar-refractivity contribution in [2.45, 2.75) is 117 Å². The maximum Gasteiger partial charge on any atom is 0.305 e. The van der Waals surface area contributed by atoms with Crippen LogP contribution in [0, 0.1) is 0 Å². The van der Waals surface area contributed by atoms with E-state index in [1.54, 1.807) is 24.3 Å². The number of anilines is 1. The van der Waals surface area contributed by atoms with Crippen molar-refractivity contribution < 1.29 is 38.0 Å². The van der Waals surface area contributed by atoms with Crippen molar-refractivity contribution >= 4 is 17.6 Å². The maximum atomic E-state index is 11.9. The summed E-state index contributed by atoms with van der Waals surface area (Å²) in [6, 6.07) is 7.19. The summed E-state index contributed by atoms with van der Waals surface area (Å²) in [7, 11) is 0. The Balaban J connectivity index is 1.72. The van der Waals surface area contributed by atoms with Gasteiger partial charge in [-0.15, -0.1) is 0 Å². The van der Waals surface area contributed by atoms with Crippen LogP contribution in [0.5, 0.6) is 5.75 Å². The molecule has 0 bridgehead atoms. The smallest absolute Gasteiger partial charge is 0.305 e. The second-order valence-electron chi connectivity index (χ2n) is 11.4. The van der Waals surface area contributed by atoms with Crippen LogP contribution in [0.2, 0.25) is 0 Å². The topological polar surface area (TPSA) is 102 Å². The number of carbonyl (C=O) groups excluding carboxylic acids is 2. The number of amides is 1. The van der Waals surface area contributed by atoms with Gasteiger partial charge in [0.25, 0.3) is 0 Å². The van der Waals surface area contributed by atoms with Crippen LogP contribution in [-0.4, -0.2) is 77.9 Å². The van der Waals surface area contributed by atoms with Crippen molar-refractivity contribution in [3.05, 3.63) is 24.3 Å². The Morgan fingerprint density at radius 3 is 1.38 bits per heavy atom. The van der Waals surface area contributed by atoms with E-state index in [1.165, 1.54) is 90.4 Å². The lowest BCUT2D eigenvalue weighted by Crippen LogP contribution is -2.15. The third-order valence-electron chi connectivity index (χ3n) is 7.26. The first-order valence-corrected chi connectivity index (χ1v) is 17.6. The molecule has 0 radical (unpaired) electrons. The Morgan fingerprint density at radius 1 is 0.533 bits per heavy atom. The predicted molar refractivity (Wildman–Crippen MR) is 180 cm³/mol. The van der Waals surface area contributed by atoms with E-state index in [4.69, 9.17) is 28.4 Å². The average Bonchev–Trinajstić information content (AvgIpc) is 3.03. The number of carbonyl (C=O) groups is 2. The summed E-state index contributed by atoms with van der Waals surface area (Å²) in [5.74, 6) is 0.482. The minimum absolute atomic E-state index is 0.105. The van der Waals surface area contributed by atoms with Crippen LogP contribution in [0.15, 0.2) is 24.3 Å². The van der Waals surface area contributed by atoms with Gasteiger partial charge in [0.1, 0.15) is 19.0 Å². The third-order valence-corrected chi connectivity index (χ3v) is 7.26. The van der Waals surface area contributed by atoms with Gasteiger partial charge in [-0.2, -0.15) is 0 Å². The van der Waals surface area contributed by atoms with Crippen molar-refractivity contribution in [2.75, 3.05) is 71.4 Å². The summed E-state index contributed by atoms with van der Waals surface area (Å²) in [5.41, 5.74) is 0.734. The molecule has 0 heterocycles. The van der Waals surface area contributed by atoms with Crippen LogP contribution in [0.4, 0.5) is 5.69 Å². The molecule has 45 heavy (non-hydrogen) atoms. The Morgan fingerprint density at radius 2 is 0.933 bits per heavy atom. The SMILES string of the molecule is CCCCCCCCCCCCCCCCCC(=O)OCCOCCOCCOCCOCCOc1ccc(NC(C)=O)cc1. The first kappa shape index (κ1) is 40.8. The average molecular weight is 638 g/mol. The highest BCUT2D eigenvalue weighted by molar-refractivity contribution is 5.88. The number of hydrogen-bond donors (Lipinski definition) is 1. The molecular weight excluding hydrogens is 574 g/mol. The zero-order valence-corrected chi connectivity index (χ0v) is 28.5. The largest absolute Gasteiger partial charge is 0.491 e. The fraction of sp³-hybridized carbons (Fsp3) is 0.778. The highest BCUT2D eigenvalue weighted by atomic mass is 16.6. The number of benzene rings is 1. The van der Waals surface area contributed by atoms with Gasteiger partial charge in [0, 0.05) is 19.0 Å². The monoisotopic (exact) mass is 637 g/mol. The van der Waals surface area contributed by atoms with Gasteiger partial charge in [-0.25, -0.2) is 0 Å². The molecule has 9 nitrogen and oxygen atoms in total. The number of ether oxygens (including phenoxy) is 6. The zero-order chi connectivity index (χ0) is 32.5. The molecule has 1 aromatic carbocycles. The summed E-state index contributed by atoms with van der Waals surface area (Å²) in [6.45, 7) is 8.15. The maximum absolute atomic E-state index is 11.9. The molecule has 0 atom stereocenters. The van der Waals surface area contributed by atoms with Crippen LogP contribution in [0.25, 0.3) is 0 Å². The molecule has 9 heteroatoms. The van der Waals surface area contributed by atoms with E-state index < -0.39 is 0 Å². The molecular formula is C36H63NO8. The van der Waals surface area contributed by atoms with Crippen LogP contribution in [0.1, 0.15) is 117 Å². The Bertz CT molecular complexity index is 805. The number of hydrogen-bond acceptors (Lipinski definition) is 8. The van der Waals surface area contributed by atoms with Crippen LogP contribution >= 0.6 is 0 Å². The number of rotatable bonds is 33. The lowest BCUT2D eigenvalue weighted by atomic mass is 10.0. The number of unbranched alkanes of at least 4 members (excludes halogenated alkanes) is 14. The minimum atomic E-state index is -0.132. The summed E-state index contributed by atoms with van der Waals surface area (Å²) >= 11 is 0. The second kappa shape index (κ2) is 31.8. The molecule has 0 fully saturated rings. The molecule has 1 amide bonds. The standard InChI is InChI=1S/C36H63NO8/c1-3-4-5-6-7-8-9-10-11-12-13-14-15-16-17-18-36(39)45-32-30-43-28-26-41-24-23-40-25-27-42-29-31-44-35-21-19-34(20-22-35)37-33(2)38/h19-22H,3-18,23-32H2,1-2H3,(H,37,38). The summed E-state index contributed by atoms with van der Waals surface area (Å²) in [5, 5.41) is 2.71. The highest BCUT2D eigenvalue weighted by Gasteiger charge is 2.03. The van der Waals surface area contributed by atoms with Gasteiger partial charge in [0.2, 0.25) is 5.91 Å². The van der Waals surface area contributed by atoms with E-state index in [0.717, 1.165) is 24.3 Å². The molecule has 0 aliphatic heterocycles. The first-order valence-electron chi connectivity index (χ1n) is 17.6. The fourth-order valence-electron chi connectivity index (χ4n) is 4.75. The van der Waals surface area contributed by atoms with E-state index in [-0.39, 0.29) is 18.5 Å². The summed E-state index contributed by atoms with van der Waals surface area (Å²) in [4.78, 5) is 22.9. The van der Waals surface area contributed by atoms with Gasteiger partial charge in [-0.05, 0) is 30.7 Å². The van der Waals surface area contributed by atoms with Gasteiger partial charge in [-0.3, -0.25) is 9.59 Å². The lowest BCUT2D eigenvalue weighted by Gasteiger charge is -2.09. The molecule has 260 valence electrons. The zero-order valence-electron chi connectivity index (χ0n) is 28.5. The molecule has 0 unspecified atom stereocenters. The molecule has 0 saturated heterocycles. The molecule has 1 rings (SSSR count). The van der Waals surface area contributed by atoms with Crippen LogP contribution in [0.3, 0.4) is 0 Å². The number of esters is 1. The molecule has 1 aromatic rings. The quantitative estimate of drug-likeness (QED) is 0.0613. The molecule has 0 aliphatic carbocycles. The first-order chi connectivity index (χ1) is 22.1. The van der Waals surface area contributed by atoms with Gasteiger partial charge in [0.05, 0.1) is 52.9 Å². The van der Waals surface area contributed by atoms with Crippen molar-refractivity contribution in [2.24, 2.45) is 0 Å². The molecule has 0 spiro atoms. The third kappa shape index (κ3) is 29.0. The Hall–Kier alpha value is -2.20. The normalized spacial score (nSPS) is 11.1. The summed E-state index contributed by atoms with van der Waals surface area (Å²) < 4.78 is 32.8. The Labute approximate surface area is 273 Å².